The summed E-state index contributed by atoms with van der Waals surface area (Å²) in [5, 5.41) is 1.98. The number of nitrogens with one attached hydrogen (secondary N) is 1. The van der Waals surface area contributed by atoms with E-state index >= 15 is 0 Å². The zero-order valence-electron chi connectivity index (χ0n) is 4.72. The fourth-order valence-corrected chi connectivity index (χ4v) is 0.556. The first-order valence-electron chi connectivity index (χ1n) is 1.99. The Kier molecular flexibility index (Phi) is 2.52. The molecule has 0 unspecified atom stereocenters. The van der Waals surface area contributed by atoms with Gasteiger partial charge in [0.2, 0.25) is 0 Å². The van der Waals surface area contributed by atoms with Crippen LogP contribution in [0.1, 0.15) is 6.92 Å². The van der Waals surface area contributed by atoms with Crippen LogP contribution in [0.5, 0.6) is 0 Å². The highest BCUT2D eigenvalue weighted by Crippen LogP contribution is 1.72. The topological polar surface area (TPSA) is 46.2 Å². The summed E-state index contributed by atoms with van der Waals surface area (Å²) in [6.07, 6.45) is 0. The van der Waals surface area contributed by atoms with E-state index in [1.165, 1.54) is 14.0 Å². The average molecular weight is 133 g/mol. The summed E-state index contributed by atoms with van der Waals surface area (Å²) in [6, 6.07) is 0. The van der Waals surface area contributed by atoms with Crippen molar-refractivity contribution in [2.45, 2.75) is 6.92 Å². The second kappa shape index (κ2) is 2.70. The lowest BCUT2D eigenvalue weighted by molar-refractivity contribution is 0.599. The lowest BCUT2D eigenvalue weighted by atomic mass is 10.9. The van der Waals surface area contributed by atoms with Crippen molar-refractivity contribution in [3.8, 4) is 11.2 Å². The van der Waals surface area contributed by atoms with Gasteiger partial charge in [0.1, 0.15) is 0 Å². The van der Waals surface area contributed by atoms with Crippen LogP contribution in [0.15, 0.2) is 0 Å². The van der Waals surface area contributed by atoms with Gasteiger partial charge in [-0.1, -0.05) is 5.92 Å². The molecule has 0 atom stereocenters. The van der Waals surface area contributed by atoms with Gasteiger partial charge in [-0.3, -0.25) is 0 Å². The smallest absolute Gasteiger partial charge is 0.208 e. The van der Waals surface area contributed by atoms with E-state index < -0.39 is 10.0 Å². The Morgan fingerprint density at radius 3 is 2.12 bits per heavy atom. The predicted octanol–water partition coefficient (Wildman–Crippen LogP) is -0.484. The van der Waals surface area contributed by atoms with Crippen LogP contribution in [0.3, 0.4) is 0 Å². The van der Waals surface area contributed by atoms with Crippen LogP contribution in [-0.2, 0) is 10.0 Å². The summed E-state index contributed by atoms with van der Waals surface area (Å²) in [7, 11) is -1.96. The number of hydrogen-bond donors (Lipinski definition) is 1. The minimum atomic E-state index is -3.28. The summed E-state index contributed by atoms with van der Waals surface area (Å²) in [6.45, 7) is 1.47. The molecule has 8 heavy (non-hydrogen) atoms. The predicted molar refractivity (Wildman–Crippen MR) is 31.4 cm³/mol. The third kappa shape index (κ3) is 2.61. The lowest BCUT2D eigenvalue weighted by Crippen LogP contribution is -2.15. The van der Waals surface area contributed by atoms with E-state index in [4.69, 9.17) is 0 Å². The summed E-state index contributed by atoms with van der Waals surface area (Å²) in [5.74, 6) is 2.26. The highest BCUT2D eigenvalue weighted by molar-refractivity contribution is 7.94. The maximum atomic E-state index is 10.3. The van der Waals surface area contributed by atoms with Crippen LogP contribution in [-0.4, -0.2) is 15.5 Å². The Morgan fingerprint density at radius 2 is 2.00 bits per heavy atom. The molecule has 46 valence electrons. The van der Waals surface area contributed by atoms with Gasteiger partial charge in [0.25, 0.3) is 10.0 Å². The molecule has 0 aliphatic carbocycles. The molecule has 1 N–H and O–H groups in total. The highest BCUT2D eigenvalue weighted by atomic mass is 32.2. The van der Waals surface area contributed by atoms with Gasteiger partial charge in [-0.15, -0.1) is 0 Å². The average Bonchev–Trinajstić information content (AvgIpc) is 1.67. The molecule has 0 amide bonds. The van der Waals surface area contributed by atoms with Gasteiger partial charge in [0.15, 0.2) is 0 Å². The molecule has 0 aromatic heterocycles. The standard InChI is InChI=1S/C4H7NO2S/c1-3-4-8(6,7)5-2/h5H,1-2H3. The molecule has 4 heteroatoms. The molecule has 0 radical (unpaired) electrons. The first-order valence-corrected chi connectivity index (χ1v) is 3.47. The molecular weight excluding hydrogens is 126 g/mol. The molecule has 0 aromatic rings. The molecule has 0 spiro atoms. The minimum absolute atomic E-state index is 1.32. The molecule has 0 rings (SSSR count). The fourth-order valence-electron chi connectivity index (χ4n) is 0.185. The molecule has 0 aliphatic rings. The van der Waals surface area contributed by atoms with Crippen molar-refractivity contribution in [3.63, 3.8) is 0 Å². The third-order valence-corrected chi connectivity index (χ3v) is 1.52. The normalized spacial score (nSPS) is 9.75. The lowest BCUT2D eigenvalue weighted by Gasteiger charge is -1.85. The number of rotatable bonds is 1. The van der Waals surface area contributed by atoms with Crippen molar-refractivity contribution in [2.75, 3.05) is 7.05 Å². The quantitative estimate of drug-likeness (QED) is 0.491. The Hall–Kier alpha value is -0.530. The van der Waals surface area contributed by atoms with Gasteiger partial charge in [-0.25, -0.2) is 4.72 Å². The van der Waals surface area contributed by atoms with Gasteiger partial charge < -0.3 is 0 Å². The van der Waals surface area contributed by atoms with E-state index in [1.54, 1.807) is 0 Å². The van der Waals surface area contributed by atoms with Crippen molar-refractivity contribution in [1.29, 1.82) is 0 Å². The van der Waals surface area contributed by atoms with Crippen molar-refractivity contribution in [1.82, 2.24) is 4.72 Å². The zero-order valence-corrected chi connectivity index (χ0v) is 5.54. The first-order chi connectivity index (χ1) is 3.62. The monoisotopic (exact) mass is 133 g/mol. The molecule has 0 aliphatic heterocycles. The maximum Gasteiger partial charge on any atom is 0.280 e. The molecule has 0 aromatic carbocycles. The molecular formula is C4H7NO2S. The molecule has 3 nitrogen and oxygen atoms in total. The van der Waals surface area contributed by atoms with Gasteiger partial charge in [0, 0.05) is 5.25 Å². The Morgan fingerprint density at radius 1 is 1.50 bits per heavy atom. The summed E-state index contributed by atoms with van der Waals surface area (Å²) < 4.78 is 22.7. The number of sulfonamides is 1. The largest absolute Gasteiger partial charge is 0.280 e. The van der Waals surface area contributed by atoms with Gasteiger partial charge in [0.05, 0.1) is 0 Å². The van der Waals surface area contributed by atoms with Crippen molar-refractivity contribution in [3.05, 3.63) is 0 Å². The van der Waals surface area contributed by atoms with E-state index in [0.717, 1.165) is 0 Å². The second-order valence-corrected chi connectivity index (χ2v) is 2.68. The third-order valence-electron chi connectivity index (χ3n) is 0.505. The van der Waals surface area contributed by atoms with Crippen LogP contribution in [0.4, 0.5) is 0 Å². The van der Waals surface area contributed by atoms with Gasteiger partial charge in [-0.2, -0.15) is 8.42 Å². The van der Waals surface area contributed by atoms with E-state index in [9.17, 15) is 8.42 Å². The first kappa shape index (κ1) is 7.47. The van der Waals surface area contributed by atoms with Crippen LogP contribution >= 0.6 is 0 Å². The Balaban J connectivity index is 4.34. The Bertz CT molecular complexity index is 206. The molecule has 0 saturated carbocycles. The van der Waals surface area contributed by atoms with E-state index in [0.29, 0.717) is 0 Å². The van der Waals surface area contributed by atoms with Crippen LogP contribution in [0.2, 0.25) is 0 Å². The van der Waals surface area contributed by atoms with Crippen LogP contribution in [0.25, 0.3) is 0 Å². The number of hydrogen-bond acceptors (Lipinski definition) is 2. The van der Waals surface area contributed by atoms with Crippen molar-refractivity contribution >= 4 is 10.0 Å². The highest BCUT2D eigenvalue weighted by Gasteiger charge is 1.95. The summed E-state index contributed by atoms with van der Waals surface area (Å²) in [4.78, 5) is 0. The molecule has 0 bridgehead atoms. The molecule has 0 saturated heterocycles. The van der Waals surface area contributed by atoms with Crippen LogP contribution in [0, 0.1) is 11.2 Å². The zero-order chi connectivity index (χ0) is 6.62. The summed E-state index contributed by atoms with van der Waals surface area (Å²) in [5.41, 5.74) is 0. The summed E-state index contributed by atoms with van der Waals surface area (Å²) >= 11 is 0. The van der Waals surface area contributed by atoms with Crippen LogP contribution < -0.4 is 4.72 Å². The van der Waals surface area contributed by atoms with Gasteiger partial charge >= 0.3 is 0 Å². The fraction of sp³-hybridized carbons (Fsp3) is 0.500. The van der Waals surface area contributed by atoms with E-state index in [2.05, 4.69) is 5.92 Å². The second-order valence-electron chi connectivity index (χ2n) is 1.06. The van der Waals surface area contributed by atoms with Gasteiger partial charge in [-0.05, 0) is 14.0 Å². The van der Waals surface area contributed by atoms with E-state index in [-0.39, 0.29) is 0 Å². The maximum absolute atomic E-state index is 10.3. The molecule has 0 fully saturated rings. The van der Waals surface area contributed by atoms with Crippen molar-refractivity contribution in [2.24, 2.45) is 0 Å². The van der Waals surface area contributed by atoms with Crippen molar-refractivity contribution < 1.29 is 8.42 Å². The van der Waals surface area contributed by atoms with E-state index in [1.807, 2.05) is 9.97 Å². The minimum Gasteiger partial charge on any atom is -0.208 e. The SMILES string of the molecule is CC#CS(=O)(=O)NC. The molecule has 0 heterocycles. The Labute approximate surface area is 49.1 Å².